The maximum Gasteiger partial charge on any atom is 0.413 e. The second kappa shape index (κ2) is 19.7. The van der Waals surface area contributed by atoms with E-state index in [9.17, 15) is 28.8 Å². The Hall–Kier alpha value is -7.55. The van der Waals surface area contributed by atoms with Gasteiger partial charge in [0.25, 0.3) is 5.91 Å². The van der Waals surface area contributed by atoms with Crippen molar-refractivity contribution in [3.63, 3.8) is 0 Å². The molecule has 5 amide bonds. The number of hydrogen-bond acceptors (Lipinski definition) is 15. The fraction of sp³-hybridized carbons (Fsp3) is 0.250. The molecule has 3 atom stereocenters. The fourth-order valence-electron chi connectivity index (χ4n) is 7.61. The lowest BCUT2D eigenvalue weighted by Gasteiger charge is -2.41. The van der Waals surface area contributed by atoms with Crippen LogP contribution in [-0.4, -0.2) is 103 Å². The number of amides is 5. The van der Waals surface area contributed by atoms with Gasteiger partial charge in [0.05, 0.1) is 13.1 Å². The number of benzene rings is 4. The number of esters is 2. The third-order valence-electron chi connectivity index (χ3n) is 10.8. The van der Waals surface area contributed by atoms with Crippen molar-refractivity contribution in [3.8, 4) is 0 Å². The molecule has 3 aliphatic rings. The van der Waals surface area contributed by atoms with Gasteiger partial charge < -0.3 is 29.3 Å². The molecule has 1 aromatic heterocycles. The van der Waals surface area contributed by atoms with Crippen molar-refractivity contribution in [2.45, 2.75) is 54.9 Å². The lowest BCUT2D eigenvalue weighted by Crippen LogP contribution is -2.68. The summed E-state index contributed by atoms with van der Waals surface area (Å²) < 4.78 is 17.5. The van der Waals surface area contributed by atoms with E-state index in [0.29, 0.717) is 22.3 Å². The number of hydrogen-bond donors (Lipinski definition) is 3. The van der Waals surface area contributed by atoms with Gasteiger partial charge in [0.1, 0.15) is 22.7 Å². The van der Waals surface area contributed by atoms with E-state index in [-0.39, 0.29) is 30.5 Å². The van der Waals surface area contributed by atoms with Gasteiger partial charge in [-0.25, -0.2) is 30.0 Å². The first-order valence-corrected chi connectivity index (χ1v) is 23.0. The second-order valence-electron chi connectivity index (χ2n) is 16.7. The second-order valence-corrected chi connectivity index (χ2v) is 18.9. The highest BCUT2D eigenvalue weighted by Gasteiger charge is 2.67. The average molecular weight is 959 g/mol. The number of urea groups is 1. The van der Waals surface area contributed by atoms with Crippen LogP contribution in [0.4, 0.5) is 14.7 Å². The molecular weight excluding hydrogens is 913 g/mol. The van der Waals surface area contributed by atoms with E-state index in [0.717, 1.165) is 28.1 Å². The van der Waals surface area contributed by atoms with E-state index in [2.05, 4.69) is 27.4 Å². The molecule has 0 bridgehead atoms. The van der Waals surface area contributed by atoms with E-state index in [1.165, 1.54) is 15.2 Å². The molecule has 4 heterocycles. The minimum absolute atomic E-state index is 0.0237. The van der Waals surface area contributed by atoms with Crippen molar-refractivity contribution < 1.29 is 47.8 Å². The molecule has 20 heteroatoms. The van der Waals surface area contributed by atoms with Crippen LogP contribution in [-0.2, 0) is 38.2 Å². The quantitative estimate of drug-likeness (QED) is 0.0124. The zero-order chi connectivity index (χ0) is 48.2. The Bertz CT molecular complexity index is 2660. The van der Waals surface area contributed by atoms with E-state index in [4.69, 9.17) is 24.9 Å². The number of thiazole rings is 1. The van der Waals surface area contributed by atoms with E-state index in [1.54, 1.807) is 69.3 Å². The van der Waals surface area contributed by atoms with Crippen LogP contribution < -0.4 is 16.5 Å². The first-order chi connectivity index (χ1) is 32.6. The Balaban J connectivity index is 1.05. The SMILES string of the molecule is C=C(O/N=C(\C(=O)N[C@@H]1C(=O)N2C[C@@](C(=O)OC(c3ccccc3)c3ccccc3)(N3CCN(N)C3=O)S[C@H]12)c1csc(NC(=O)OC(C)(C)C)n1)C(=O)OC(c1ccccc1)c1ccccc1. The van der Waals surface area contributed by atoms with Gasteiger partial charge in [0, 0.05) is 11.9 Å². The largest absolute Gasteiger partial charge is 0.450 e. The van der Waals surface area contributed by atoms with Crippen LogP contribution in [0.25, 0.3) is 0 Å². The zero-order valence-corrected chi connectivity index (χ0v) is 38.6. The third-order valence-corrected chi connectivity index (χ3v) is 13.3. The summed E-state index contributed by atoms with van der Waals surface area (Å²) in [5, 5.41) is 10.7. The molecule has 18 nitrogen and oxygen atoms in total. The number of carbonyl (C=O) groups is 6. The van der Waals surface area contributed by atoms with Crippen molar-refractivity contribution in [1.82, 2.24) is 25.1 Å². The number of carbonyl (C=O) groups excluding carboxylic acids is 6. The molecule has 68 heavy (non-hydrogen) atoms. The summed E-state index contributed by atoms with van der Waals surface area (Å²) >= 11 is 1.90. The number of nitrogens with zero attached hydrogens (tertiary/aromatic N) is 5. The first kappa shape index (κ1) is 47.0. The van der Waals surface area contributed by atoms with Gasteiger partial charge in [-0.05, 0) is 49.6 Å². The van der Waals surface area contributed by atoms with Gasteiger partial charge in [-0.2, -0.15) is 0 Å². The summed E-state index contributed by atoms with van der Waals surface area (Å²) in [6.45, 7) is 8.64. The Morgan fingerprint density at radius 1 is 0.824 bits per heavy atom. The zero-order valence-electron chi connectivity index (χ0n) is 37.0. The minimum atomic E-state index is -1.78. The van der Waals surface area contributed by atoms with E-state index in [1.807, 2.05) is 72.8 Å². The van der Waals surface area contributed by atoms with E-state index >= 15 is 0 Å². The molecule has 0 unspecified atom stereocenters. The number of fused-ring (bicyclic) bond motifs is 1. The normalized spacial score (nSPS) is 19.0. The van der Waals surface area contributed by atoms with E-state index < -0.39 is 81.4 Å². The molecule has 8 rings (SSSR count). The molecule has 3 saturated heterocycles. The number of ether oxygens (including phenoxy) is 3. The molecule has 350 valence electrons. The van der Waals surface area contributed by atoms with Gasteiger partial charge >= 0.3 is 24.1 Å². The standard InChI is InChI=1S/C48H46N8O10S2/c1-29(42(59)63-37(30-17-9-5-10-18-30)31-19-11-6-12-20-31)66-53-35(34-27-67-44(50-34)52-45(61)65-47(2,3)4)39(57)51-36-40(58)54-28-48(68-41(36)54,55-25-26-56(49)46(55)62)43(60)64-38(32-21-13-7-14-22-32)33-23-15-8-16-24-33/h5-24,27,36-38,41H,1,25-26,28,49H2,2-4H3,(H,51,57)(H,50,52,61)/b53-35-/t36-,41-,48-/m1/s1. The summed E-state index contributed by atoms with van der Waals surface area (Å²) in [6.07, 6.45) is -2.55. The Morgan fingerprint density at radius 2 is 1.35 bits per heavy atom. The molecular formula is C48H46N8O10S2. The number of nitrogens with one attached hydrogen (secondary N) is 2. The smallest absolute Gasteiger partial charge is 0.413 e. The third kappa shape index (κ3) is 10.1. The van der Waals surface area contributed by atoms with Crippen molar-refractivity contribution in [2.75, 3.05) is 25.0 Å². The molecule has 0 saturated carbocycles. The Morgan fingerprint density at radius 3 is 1.85 bits per heavy atom. The highest BCUT2D eigenvalue weighted by atomic mass is 32.2. The minimum Gasteiger partial charge on any atom is -0.450 e. The van der Waals surface area contributed by atoms with Gasteiger partial charge in [0.15, 0.2) is 23.1 Å². The number of β-lactam (4-membered cyclic amide) rings is 1. The number of anilines is 1. The highest BCUT2D eigenvalue weighted by molar-refractivity contribution is 8.02. The summed E-state index contributed by atoms with van der Waals surface area (Å²) in [4.78, 5) is 93.5. The summed E-state index contributed by atoms with van der Waals surface area (Å²) in [5.74, 6) is 2.07. The predicted octanol–water partition coefficient (Wildman–Crippen LogP) is 6.10. The number of hydrazine groups is 1. The topological polar surface area (TPSA) is 224 Å². The number of nitrogens with two attached hydrogens (primary N) is 1. The van der Waals surface area contributed by atoms with Crippen LogP contribution in [0, 0.1) is 0 Å². The molecule has 3 aliphatic heterocycles. The molecule has 3 fully saturated rings. The van der Waals surface area contributed by atoms with Crippen molar-refractivity contribution in [2.24, 2.45) is 11.0 Å². The molecule has 0 aliphatic carbocycles. The van der Waals surface area contributed by atoms with Crippen LogP contribution in [0.15, 0.2) is 144 Å². The monoisotopic (exact) mass is 958 g/mol. The van der Waals surface area contributed by atoms with Gasteiger partial charge in [0.2, 0.25) is 16.5 Å². The van der Waals surface area contributed by atoms with Crippen molar-refractivity contribution in [3.05, 3.63) is 167 Å². The van der Waals surface area contributed by atoms with Crippen LogP contribution >= 0.6 is 23.1 Å². The van der Waals surface area contributed by atoms with Gasteiger partial charge in [-0.3, -0.25) is 24.8 Å². The lowest BCUT2D eigenvalue weighted by atomic mass is 10.0. The molecule has 4 N–H and O–H groups in total. The average Bonchev–Trinajstić information content (AvgIpc) is 4.05. The maximum atomic E-state index is 14.7. The molecule has 0 radical (unpaired) electrons. The first-order valence-electron chi connectivity index (χ1n) is 21.3. The Kier molecular flexibility index (Phi) is 13.6. The number of thioether (sulfide) groups is 1. The summed E-state index contributed by atoms with van der Waals surface area (Å²) in [6, 6.07) is 34.3. The molecule has 5 aromatic rings. The lowest BCUT2D eigenvalue weighted by molar-refractivity contribution is -0.157. The van der Waals surface area contributed by atoms with Crippen LogP contribution in [0.3, 0.4) is 0 Å². The molecule has 0 spiro atoms. The van der Waals surface area contributed by atoms with Crippen LogP contribution in [0.2, 0.25) is 0 Å². The van der Waals surface area contributed by atoms with Crippen molar-refractivity contribution >= 4 is 69.8 Å². The molecule has 4 aromatic carbocycles. The number of oxime groups is 1. The number of aromatic nitrogens is 1. The van der Waals surface area contributed by atoms with Gasteiger partial charge in [-0.1, -0.05) is 138 Å². The van der Waals surface area contributed by atoms with Crippen molar-refractivity contribution in [1.29, 1.82) is 0 Å². The number of rotatable bonds is 15. The fourth-order valence-corrected chi connectivity index (χ4v) is 9.97. The predicted molar refractivity (Wildman–Crippen MR) is 251 cm³/mol. The summed E-state index contributed by atoms with van der Waals surface area (Å²) in [5.41, 5.74) is 1.21. The van der Waals surface area contributed by atoms with Crippen LogP contribution in [0.5, 0.6) is 0 Å². The van der Waals surface area contributed by atoms with Gasteiger partial charge in [-0.15, -0.1) is 11.3 Å². The summed E-state index contributed by atoms with van der Waals surface area (Å²) in [7, 11) is 0. The highest BCUT2D eigenvalue weighted by Crippen LogP contribution is 2.51. The Labute approximate surface area is 399 Å². The maximum absolute atomic E-state index is 14.7. The van der Waals surface area contributed by atoms with Crippen LogP contribution in [0.1, 0.15) is 60.9 Å².